The Morgan fingerprint density at radius 2 is 2.04 bits per heavy atom. The zero-order chi connectivity index (χ0) is 17.6. The van der Waals surface area contributed by atoms with Crippen molar-refractivity contribution in [2.24, 2.45) is 0 Å². The number of anilines is 1. The number of furan rings is 1. The first-order valence-electron chi connectivity index (χ1n) is 7.14. The highest BCUT2D eigenvalue weighted by molar-refractivity contribution is 5.90. The molecule has 0 unspecified atom stereocenters. The molecule has 2 aromatic rings. The third-order valence-corrected chi connectivity index (χ3v) is 3.28. The lowest BCUT2D eigenvalue weighted by atomic mass is 10.1. The Labute approximate surface area is 137 Å². The highest BCUT2D eigenvalue weighted by Gasteiger charge is 2.33. The Kier molecular flexibility index (Phi) is 5.86. The van der Waals surface area contributed by atoms with Crippen molar-refractivity contribution in [3.63, 3.8) is 0 Å². The quantitative estimate of drug-likeness (QED) is 0.864. The van der Waals surface area contributed by atoms with Crippen molar-refractivity contribution in [3.8, 4) is 0 Å². The predicted molar refractivity (Wildman–Crippen MR) is 81.5 cm³/mol. The smallest absolute Gasteiger partial charge is 0.418 e. The normalized spacial score (nSPS) is 11.3. The molecule has 1 heterocycles. The van der Waals surface area contributed by atoms with Crippen LogP contribution in [-0.4, -0.2) is 31.2 Å². The summed E-state index contributed by atoms with van der Waals surface area (Å²) >= 11 is 0. The largest absolute Gasteiger partial charge is 0.472 e. The molecular weight excluding hydrogens is 325 g/mol. The van der Waals surface area contributed by atoms with Gasteiger partial charge in [0.05, 0.1) is 36.9 Å². The lowest BCUT2D eigenvalue weighted by molar-refractivity contribution is -0.136. The van der Waals surface area contributed by atoms with Gasteiger partial charge in [-0.25, -0.2) is 4.79 Å². The molecule has 0 saturated carbocycles. The average Bonchev–Trinajstić information content (AvgIpc) is 3.04. The fourth-order valence-electron chi connectivity index (χ4n) is 2.09. The van der Waals surface area contributed by atoms with Crippen molar-refractivity contribution >= 4 is 11.7 Å². The molecule has 8 heteroatoms. The van der Waals surface area contributed by atoms with Crippen LogP contribution in [0.1, 0.15) is 11.1 Å². The Hall–Kier alpha value is -2.48. The number of carbonyl (C=O) groups excluding carboxylic acids is 1. The third kappa shape index (κ3) is 4.76. The summed E-state index contributed by atoms with van der Waals surface area (Å²) in [4.78, 5) is 13.7. The van der Waals surface area contributed by atoms with Gasteiger partial charge in [-0.05, 0) is 18.2 Å². The molecule has 0 saturated heterocycles. The highest BCUT2D eigenvalue weighted by atomic mass is 19.4. The van der Waals surface area contributed by atoms with E-state index in [1.165, 1.54) is 42.7 Å². The molecule has 0 atom stereocenters. The van der Waals surface area contributed by atoms with Crippen LogP contribution in [-0.2, 0) is 17.5 Å². The van der Waals surface area contributed by atoms with Crippen LogP contribution in [0, 0.1) is 0 Å². The van der Waals surface area contributed by atoms with Gasteiger partial charge in [0, 0.05) is 19.2 Å². The first-order valence-corrected chi connectivity index (χ1v) is 7.14. The van der Waals surface area contributed by atoms with Gasteiger partial charge in [-0.3, -0.25) is 0 Å². The number of nitrogens with zero attached hydrogens (tertiary/aromatic N) is 1. The van der Waals surface area contributed by atoms with Crippen molar-refractivity contribution in [3.05, 3.63) is 54.0 Å². The van der Waals surface area contributed by atoms with E-state index in [1.807, 2.05) is 0 Å². The van der Waals surface area contributed by atoms with Gasteiger partial charge in [-0.1, -0.05) is 12.1 Å². The van der Waals surface area contributed by atoms with Gasteiger partial charge in [-0.15, -0.1) is 0 Å². The number of alkyl halides is 3. The maximum absolute atomic E-state index is 13.0. The highest BCUT2D eigenvalue weighted by Crippen LogP contribution is 2.34. The van der Waals surface area contributed by atoms with Gasteiger partial charge in [0.1, 0.15) is 0 Å². The second-order valence-corrected chi connectivity index (χ2v) is 5.02. The first-order chi connectivity index (χ1) is 11.4. The third-order valence-electron chi connectivity index (χ3n) is 3.28. The number of carbonyl (C=O) groups is 1. The van der Waals surface area contributed by atoms with Gasteiger partial charge in [0.25, 0.3) is 0 Å². The van der Waals surface area contributed by atoms with E-state index in [0.29, 0.717) is 0 Å². The van der Waals surface area contributed by atoms with E-state index in [0.717, 1.165) is 11.6 Å². The van der Waals surface area contributed by atoms with Crippen molar-refractivity contribution in [2.75, 3.05) is 25.6 Å². The number of amides is 2. The van der Waals surface area contributed by atoms with Crippen molar-refractivity contribution in [1.82, 2.24) is 4.90 Å². The summed E-state index contributed by atoms with van der Waals surface area (Å²) in [5.41, 5.74) is -0.455. The fourth-order valence-corrected chi connectivity index (χ4v) is 2.09. The Morgan fingerprint density at radius 3 is 2.67 bits per heavy atom. The van der Waals surface area contributed by atoms with Crippen LogP contribution in [0.15, 0.2) is 47.3 Å². The van der Waals surface area contributed by atoms with E-state index in [-0.39, 0.29) is 25.4 Å². The minimum atomic E-state index is -4.55. The SMILES string of the molecule is COCCN(Cc1ccoc1)C(=O)Nc1ccccc1C(F)(F)F. The summed E-state index contributed by atoms with van der Waals surface area (Å²) in [5, 5.41) is 2.32. The number of halogens is 3. The van der Waals surface area contributed by atoms with Gasteiger partial charge in [0.15, 0.2) is 0 Å². The van der Waals surface area contributed by atoms with Crippen LogP contribution >= 0.6 is 0 Å². The average molecular weight is 342 g/mol. The van der Waals surface area contributed by atoms with Crippen molar-refractivity contribution in [2.45, 2.75) is 12.7 Å². The van der Waals surface area contributed by atoms with E-state index in [1.54, 1.807) is 6.07 Å². The number of urea groups is 1. The molecule has 1 aromatic carbocycles. The molecule has 0 fully saturated rings. The molecule has 1 aromatic heterocycles. The van der Waals surface area contributed by atoms with E-state index < -0.39 is 17.8 Å². The lowest BCUT2D eigenvalue weighted by Gasteiger charge is -2.23. The van der Waals surface area contributed by atoms with E-state index in [2.05, 4.69) is 5.32 Å². The molecule has 2 rings (SSSR count). The van der Waals surface area contributed by atoms with Crippen molar-refractivity contribution in [1.29, 1.82) is 0 Å². The molecule has 0 aliphatic heterocycles. The predicted octanol–water partition coefficient (Wildman–Crippen LogP) is 3.98. The molecule has 0 radical (unpaired) electrons. The monoisotopic (exact) mass is 342 g/mol. The van der Waals surface area contributed by atoms with Crippen molar-refractivity contribution < 1.29 is 27.1 Å². The number of rotatable bonds is 6. The van der Waals surface area contributed by atoms with Gasteiger partial charge >= 0.3 is 12.2 Å². The zero-order valence-electron chi connectivity index (χ0n) is 13.0. The summed E-state index contributed by atoms with van der Waals surface area (Å²) in [6.07, 6.45) is -1.62. The van der Waals surface area contributed by atoms with Gasteiger partial charge in [-0.2, -0.15) is 13.2 Å². The Bertz CT molecular complexity index is 657. The standard InChI is InChI=1S/C16H17F3N2O3/c1-23-9-7-21(10-12-6-8-24-11-12)15(22)20-14-5-3-2-4-13(14)16(17,18)19/h2-6,8,11H,7,9-10H2,1H3,(H,20,22). The molecule has 0 aliphatic carbocycles. The number of hydrogen-bond acceptors (Lipinski definition) is 3. The molecule has 24 heavy (non-hydrogen) atoms. The van der Waals surface area contributed by atoms with E-state index >= 15 is 0 Å². The maximum Gasteiger partial charge on any atom is 0.418 e. The van der Waals surface area contributed by atoms with Gasteiger partial charge in [0.2, 0.25) is 0 Å². The van der Waals surface area contributed by atoms with E-state index in [4.69, 9.17) is 9.15 Å². The number of ether oxygens (including phenoxy) is 1. The zero-order valence-corrected chi connectivity index (χ0v) is 13.0. The summed E-state index contributed by atoms with van der Waals surface area (Å²) < 4.78 is 48.9. The van der Waals surface area contributed by atoms with Gasteiger partial charge < -0.3 is 19.4 Å². The Morgan fingerprint density at radius 1 is 1.29 bits per heavy atom. The second-order valence-electron chi connectivity index (χ2n) is 5.02. The van der Waals surface area contributed by atoms with Crippen LogP contribution < -0.4 is 5.32 Å². The summed E-state index contributed by atoms with van der Waals surface area (Å²) in [6.45, 7) is 0.674. The minimum absolute atomic E-state index is 0.194. The summed E-state index contributed by atoms with van der Waals surface area (Å²) in [6, 6.07) is 5.87. The first kappa shape index (κ1) is 17.9. The maximum atomic E-state index is 13.0. The summed E-state index contributed by atoms with van der Waals surface area (Å²) in [7, 11) is 1.48. The second kappa shape index (κ2) is 7.87. The van der Waals surface area contributed by atoms with Crippen LogP contribution in [0.2, 0.25) is 0 Å². The molecular formula is C16H17F3N2O3. The van der Waals surface area contributed by atoms with Crippen LogP contribution in [0.3, 0.4) is 0 Å². The molecule has 5 nitrogen and oxygen atoms in total. The number of methoxy groups -OCH3 is 1. The topological polar surface area (TPSA) is 54.7 Å². The number of nitrogens with one attached hydrogen (secondary N) is 1. The van der Waals surface area contributed by atoms with Crippen LogP contribution in [0.25, 0.3) is 0 Å². The minimum Gasteiger partial charge on any atom is -0.472 e. The van der Waals surface area contributed by atoms with E-state index in [9.17, 15) is 18.0 Å². The molecule has 0 bridgehead atoms. The molecule has 0 spiro atoms. The molecule has 0 aliphatic rings. The number of hydrogen-bond donors (Lipinski definition) is 1. The number of benzene rings is 1. The molecule has 130 valence electrons. The number of para-hydroxylation sites is 1. The fraction of sp³-hybridized carbons (Fsp3) is 0.312. The summed E-state index contributed by atoms with van der Waals surface area (Å²) in [5.74, 6) is 0. The lowest BCUT2D eigenvalue weighted by Crippen LogP contribution is -2.37. The van der Waals surface area contributed by atoms with Crippen LogP contribution in [0.4, 0.5) is 23.7 Å². The van der Waals surface area contributed by atoms with Crippen LogP contribution in [0.5, 0.6) is 0 Å². The molecule has 2 amide bonds. The Balaban J connectivity index is 2.15. The molecule has 1 N–H and O–H groups in total.